The number of alkyl halides is 3. The van der Waals surface area contributed by atoms with E-state index in [1.807, 2.05) is 12.1 Å². The summed E-state index contributed by atoms with van der Waals surface area (Å²) in [6.45, 7) is 3.80. The van der Waals surface area contributed by atoms with Crippen LogP contribution in [0.1, 0.15) is 69.0 Å². The highest BCUT2D eigenvalue weighted by Gasteiger charge is 2.39. The number of likely N-dealkylation sites (tertiary alicyclic amines) is 1. The quantitative estimate of drug-likeness (QED) is 0.343. The number of hydrogen-bond acceptors (Lipinski definition) is 6. The fraction of sp³-hybridized carbons (Fsp3) is 0.385. The Balaban J connectivity index is 1.48. The monoisotopic (exact) mass is 501 g/mol. The molecule has 5 nitrogen and oxygen atoms in total. The van der Waals surface area contributed by atoms with Gasteiger partial charge in [0.2, 0.25) is 0 Å². The molecule has 1 fully saturated rings. The summed E-state index contributed by atoms with van der Waals surface area (Å²) in [4.78, 5) is 34.5. The highest BCUT2D eigenvalue weighted by Crippen LogP contribution is 2.35. The number of aromatic nitrogens is 2. The van der Waals surface area contributed by atoms with Crippen LogP contribution >= 0.6 is 11.3 Å². The van der Waals surface area contributed by atoms with Gasteiger partial charge in [-0.1, -0.05) is 43.7 Å². The molecule has 3 aromatic rings. The Hall–Kier alpha value is -2.91. The van der Waals surface area contributed by atoms with Crippen molar-refractivity contribution in [1.82, 2.24) is 14.9 Å². The molecular formula is C26H26F3N3O2S. The Bertz CT molecular complexity index is 1180. The van der Waals surface area contributed by atoms with E-state index in [1.165, 1.54) is 0 Å². The van der Waals surface area contributed by atoms with Gasteiger partial charge >= 0.3 is 6.18 Å². The second kappa shape index (κ2) is 10.8. The molecule has 0 unspecified atom stereocenters. The van der Waals surface area contributed by atoms with Gasteiger partial charge in [-0.3, -0.25) is 19.5 Å². The number of thiazole rings is 1. The average Bonchev–Trinajstić information content (AvgIpc) is 3.29. The summed E-state index contributed by atoms with van der Waals surface area (Å²) in [5.74, 6) is -0.577. The zero-order chi connectivity index (χ0) is 25.0. The van der Waals surface area contributed by atoms with E-state index in [9.17, 15) is 22.8 Å². The van der Waals surface area contributed by atoms with E-state index < -0.39 is 17.7 Å². The number of carbonyl (C=O) groups excluding carboxylic acids is 2. The molecule has 1 aliphatic rings. The first-order valence-corrected chi connectivity index (χ1v) is 12.5. The van der Waals surface area contributed by atoms with Gasteiger partial charge in [-0.25, -0.2) is 4.98 Å². The number of nitrogens with zero attached hydrogens (tertiary/aromatic N) is 3. The van der Waals surface area contributed by atoms with Gasteiger partial charge in [-0.2, -0.15) is 13.2 Å². The Morgan fingerprint density at radius 3 is 2.26 bits per heavy atom. The van der Waals surface area contributed by atoms with E-state index in [1.54, 1.807) is 37.4 Å². The van der Waals surface area contributed by atoms with Crippen molar-refractivity contribution in [2.75, 3.05) is 13.1 Å². The molecule has 0 atom stereocenters. The summed E-state index contributed by atoms with van der Waals surface area (Å²) in [6, 6.07) is 10.6. The van der Waals surface area contributed by atoms with Crippen molar-refractivity contribution < 1.29 is 22.8 Å². The van der Waals surface area contributed by atoms with E-state index >= 15 is 0 Å². The van der Waals surface area contributed by atoms with Crippen LogP contribution in [-0.2, 0) is 19.1 Å². The molecule has 1 aromatic carbocycles. The summed E-state index contributed by atoms with van der Waals surface area (Å²) in [5.41, 5.74) is 1.56. The van der Waals surface area contributed by atoms with Crippen molar-refractivity contribution in [3.05, 3.63) is 69.4 Å². The van der Waals surface area contributed by atoms with Crippen molar-refractivity contribution in [3.63, 3.8) is 0 Å². The number of piperidine rings is 1. The third kappa shape index (κ3) is 6.21. The van der Waals surface area contributed by atoms with Crippen molar-refractivity contribution >= 4 is 22.9 Å². The van der Waals surface area contributed by atoms with E-state index in [2.05, 4.69) is 14.9 Å². The molecule has 0 N–H and O–H groups in total. The summed E-state index contributed by atoms with van der Waals surface area (Å²) in [6.07, 6.45) is 0.250. The van der Waals surface area contributed by atoms with Gasteiger partial charge in [-0.15, -0.1) is 11.3 Å². The maximum atomic E-state index is 13.6. The molecule has 1 saturated heterocycles. The molecule has 184 valence electrons. The van der Waals surface area contributed by atoms with Crippen molar-refractivity contribution in [2.24, 2.45) is 0 Å². The number of pyridine rings is 1. The third-order valence-electron chi connectivity index (χ3n) is 6.03. The Morgan fingerprint density at radius 2 is 1.66 bits per heavy atom. The van der Waals surface area contributed by atoms with Gasteiger partial charge in [0, 0.05) is 29.4 Å². The standard InChI is InChI=1S/C26H26F3N3O2S/c1-2-21(33)18-8-6-17(7-9-18)19-10-11-20(30-15-19)14-22(34)24-25(26(27,28)29)31-23(35-24)16-32-12-4-3-5-13-32/h6-11,15H,2-5,12-14,16H2,1H3. The van der Waals surface area contributed by atoms with Crippen molar-refractivity contribution in [2.45, 2.75) is 51.7 Å². The third-order valence-corrected chi connectivity index (χ3v) is 7.11. The van der Waals surface area contributed by atoms with E-state index in [0.29, 0.717) is 29.2 Å². The second-order valence-electron chi connectivity index (χ2n) is 8.61. The molecule has 4 rings (SSSR count). The molecule has 35 heavy (non-hydrogen) atoms. The number of ketones is 2. The summed E-state index contributed by atoms with van der Waals surface area (Å²) >= 11 is 0.835. The van der Waals surface area contributed by atoms with Crippen molar-refractivity contribution in [1.29, 1.82) is 0 Å². The predicted molar refractivity (Wildman–Crippen MR) is 129 cm³/mol. The summed E-state index contributed by atoms with van der Waals surface area (Å²) in [7, 11) is 0. The number of rotatable bonds is 8. The van der Waals surface area contributed by atoms with Crippen LogP contribution in [-0.4, -0.2) is 39.5 Å². The lowest BCUT2D eigenvalue weighted by Crippen LogP contribution is -2.29. The lowest BCUT2D eigenvalue weighted by molar-refractivity contribution is -0.141. The van der Waals surface area contributed by atoms with E-state index in [4.69, 9.17) is 0 Å². The lowest BCUT2D eigenvalue weighted by Gasteiger charge is -2.25. The Labute approximate surface area is 206 Å². The van der Waals surface area contributed by atoms with Gasteiger partial charge in [0.1, 0.15) is 9.88 Å². The first-order chi connectivity index (χ1) is 16.7. The average molecular weight is 502 g/mol. The number of Topliss-reactive ketones (excluding diaryl/α,β-unsaturated/α-hetero) is 2. The number of benzene rings is 1. The van der Waals surface area contributed by atoms with Gasteiger partial charge in [0.05, 0.1) is 13.0 Å². The van der Waals surface area contributed by atoms with Crippen LogP contribution in [0.3, 0.4) is 0 Å². The van der Waals surface area contributed by atoms with Crippen LogP contribution in [0.4, 0.5) is 13.2 Å². The minimum absolute atomic E-state index is 0.0592. The van der Waals surface area contributed by atoms with Gasteiger partial charge < -0.3 is 0 Å². The zero-order valence-corrected chi connectivity index (χ0v) is 20.2. The van der Waals surface area contributed by atoms with Gasteiger partial charge in [-0.05, 0) is 37.6 Å². The van der Waals surface area contributed by atoms with Crippen LogP contribution in [0.2, 0.25) is 0 Å². The SMILES string of the molecule is CCC(=O)c1ccc(-c2ccc(CC(=O)c3sc(CN4CCCCC4)nc3C(F)(F)F)nc2)cc1. The minimum atomic E-state index is -4.69. The fourth-order valence-electron chi connectivity index (χ4n) is 4.12. The zero-order valence-electron chi connectivity index (χ0n) is 19.4. The van der Waals surface area contributed by atoms with Crippen LogP contribution in [0.5, 0.6) is 0 Å². The molecule has 0 amide bonds. The highest BCUT2D eigenvalue weighted by molar-refractivity contribution is 7.13. The van der Waals surface area contributed by atoms with Crippen LogP contribution in [0.25, 0.3) is 11.1 Å². The number of halogens is 3. The van der Waals surface area contributed by atoms with E-state index in [0.717, 1.165) is 54.8 Å². The summed E-state index contributed by atoms with van der Waals surface area (Å²) < 4.78 is 40.9. The van der Waals surface area contributed by atoms with Crippen molar-refractivity contribution in [3.8, 4) is 11.1 Å². The molecule has 9 heteroatoms. The Kier molecular flexibility index (Phi) is 7.76. The van der Waals surface area contributed by atoms with Gasteiger partial charge in [0.25, 0.3) is 0 Å². The summed E-state index contributed by atoms with van der Waals surface area (Å²) in [5, 5.41) is 0.316. The molecule has 2 aromatic heterocycles. The molecule has 3 heterocycles. The molecule has 0 saturated carbocycles. The first kappa shape index (κ1) is 25.2. The highest BCUT2D eigenvalue weighted by atomic mass is 32.1. The normalized spacial score (nSPS) is 14.7. The van der Waals surface area contributed by atoms with Crippen LogP contribution in [0.15, 0.2) is 42.6 Å². The number of hydrogen-bond donors (Lipinski definition) is 0. The van der Waals surface area contributed by atoms with Gasteiger partial charge in [0.15, 0.2) is 17.3 Å². The predicted octanol–water partition coefficient (Wildman–Crippen LogP) is 6.23. The minimum Gasteiger partial charge on any atom is -0.297 e. The molecule has 1 aliphatic heterocycles. The maximum absolute atomic E-state index is 13.6. The second-order valence-corrected chi connectivity index (χ2v) is 9.70. The molecule has 0 bridgehead atoms. The molecular weight excluding hydrogens is 475 g/mol. The fourth-order valence-corrected chi connectivity index (χ4v) is 5.18. The smallest absolute Gasteiger partial charge is 0.297 e. The Morgan fingerprint density at radius 1 is 0.971 bits per heavy atom. The number of carbonyl (C=O) groups is 2. The van der Waals surface area contributed by atoms with Crippen LogP contribution in [0, 0.1) is 0 Å². The topological polar surface area (TPSA) is 63.2 Å². The lowest BCUT2D eigenvalue weighted by atomic mass is 10.0. The molecule has 0 aliphatic carbocycles. The van der Waals surface area contributed by atoms with Crippen LogP contribution < -0.4 is 0 Å². The largest absolute Gasteiger partial charge is 0.434 e. The van der Waals surface area contributed by atoms with E-state index in [-0.39, 0.29) is 17.1 Å². The molecule has 0 radical (unpaired) electrons. The molecule has 0 spiro atoms. The maximum Gasteiger partial charge on any atom is 0.434 e. The first-order valence-electron chi connectivity index (χ1n) is 11.7.